The number of ether oxygens (including phenoxy) is 1. The molecule has 154 valence electrons. The fourth-order valence-electron chi connectivity index (χ4n) is 3.71. The summed E-state index contributed by atoms with van der Waals surface area (Å²) < 4.78 is 5.41. The Hall–Kier alpha value is -3.12. The Kier molecular flexibility index (Phi) is 6.14. The van der Waals surface area contributed by atoms with Crippen LogP contribution in [0.1, 0.15) is 23.2 Å². The lowest BCUT2D eigenvalue weighted by Crippen LogP contribution is -2.48. The molecule has 2 heterocycles. The lowest BCUT2D eigenvalue weighted by molar-refractivity contribution is 0.0933. The van der Waals surface area contributed by atoms with Crippen LogP contribution in [-0.2, 0) is 0 Å². The molecule has 1 saturated heterocycles. The SMILES string of the molecule is COc1ccccc1-c1ccc(N2CCCC(NC(=O)c3ccccc3Cl)C2)nn1. The van der Waals surface area contributed by atoms with Crippen LogP contribution in [0.15, 0.2) is 60.7 Å². The molecule has 7 heteroatoms. The summed E-state index contributed by atoms with van der Waals surface area (Å²) in [5.41, 5.74) is 2.16. The molecule has 0 bridgehead atoms. The van der Waals surface area contributed by atoms with Crippen LogP contribution in [0.4, 0.5) is 5.82 Å². The van der Waals surface area contributed by atoms with Gasteiger partial charge in [-0.05, 0) is 49.2 Å². The number of hydrogen-bond donors (Lipinski definition) is 1. The van der Waals surface area contributed by atoms with Crippen LogP contribution in [-0.4, -0.2) is 42.3 Å². The maximum atomic E-state index is 12.6. The molecule has 1 aliphatic rings. The van der Waals surface area contributed by atoms with Crippen molar-refractivity contribution in [1.82, 2.24) is 15.5 Å². The third-order valence-corrected chi connectivity index (χ3v) is 5.56. The third kappa shape index (κ3) is 4.39. The molecule has 1 unspecified atom stereocenters. The molecule has 0 radical (unpaired) electrons. The van der Waals surface area contributed by atoms with E-state index in [9.17, 15) is 4.79 Å². The van der Waals surface area contributed by atoms with Gasteiger partial charge >= 0.3 is 0 Å². The number of nitrogens with one attached hydrogen (secondary N) is 1. The summed E-state index contributed by atoms with van der Waals surface area (Å²) in [7, 11) is 1.64. The largest absolute Gasteiger partial charge is 0.496 e. The second-order valence-electron chi connectivity index (χ2n) is 7.22. The second kappa shape index (κ2) is 9.13. The van der Waals surface area contributed by atoms with Crippen LogP contribution in [0.5, 0.6) is 5.75 Å². The summed E-state index contributed by atoms with van der Waals surface area (Å²) in [6, 6.07) is 18.8. The molecule has 1 atom stereocenters. The van der Waals surface area contributed by atoms with Crippen LogP contribution in [0.3, 0.4) is 0 Å². The van der Waals surface area contributed by atoms with Crippen molar-refractivity contribution in [2.24, 2.45) is 0 Å². The molecule has 4 rings (SSSR count). The zero-order valence-electron chi connectivity index (χ0n) is 16.7. The Morgan fingerprint density at radius 3 is 2.67 bits per heavy atom. The van der Waals surface area contributed by atoms with Gasteiger partial charge in [0, 0.05) is 24.7 Å². The van der Waals surface area contributed by atoms with Gasteiger partial charge in [-0.1, -0.05) is 35.9 Å². The molecule has 0 saturated carbocycles. The maximum absolute atomic E-state index is 12.6. The summed E-state index contributed by atoms with van der Waals surface area (Å²) in [4.78, 5) is 14.7. The van der Waals surface area contributed by atoms with Gasteiger partial charge in [0.05, 0.1) is 23.4 Å². The highest BCUT2D eigenvalue weighted by Crippen LogP contribution is 2.28. The number of piperidine rings is 1. The fraction of sp³-hybridized carbons (Fsp3) is 0.261. The van der Waals surface area contributed by atoms with Gasteiger partial charge in [0.2, 0.25) is 0 Å². The molecule has 0 aliphatic carbocycles. The predicted octanol–water partition coefficient (Wildman–Crippen LogP) is 4.20. The number of carbonyl (C=O) groups is 1. The monoisotopic (exact) mass is 422 g/mol. The van der Waals surface area contributed by atoms with Crippen LogP contribution in [0.2, 0.25) is 5.02 Å². The number of carbonyl (C=O) groups excluding carboxylic acids is 1. The van der Waals surface area contributed by atoms with Crippen molar-refractivity contribution in [3.8, 4) is 17.0 Å². The number of nitrogens with zero attached hydrogens (tertiary/aromatic N) is 3. The van der Waals surface area contributed by atoms with E-state index >= 15 is 0 Å². The maximum Gasteiger partial charge on any atom is 0.253 e. The van der Waals surface area contributed by atoms with Crippen molar-refractivity contribution >= 4 is 23.3 Å². The Balaban J connectivity index is 1.44. The number of hydrogen-bond acceptors (Lipinski definition) is 5. The zero-order valence-corrected chi connectivity index (χ0v) is 17.5. The summed E-state index contributed by atoms with van der Waals surface area (Å²) in [5, 5.41) is 12.4. The van der Waals surface area contributed by atoms with E-state index in [4.69, 9.17) is 16.3 Å². The molecule has 3 aromatic rings. The van der Waals surface area contributed by atoms with Crippen molar-refractivity contribution < 1.29 is 9.53 Å². The number of benzene rings is 2. The minimum atomic E-state index is -0.148. The summed E-state index contributed by atoms with van der Waals surface area (Å²) in [5.74, 6) is 1.41. The Bertz CT molecular complexity index is 1030. The van der Waals surface area contributed by atoms with E-state index in [1.54, 1.807) is 19.2 Å². The first-order valence-corrected chi connectivity index (χ1v) is 10.3. The average Bonchev–Trinajstić information content (AvgIpc) is 2.79. The number of aromatic nitrogens is 2. The molecular formula is C23H23ClN4O2. The van der Waals surface area contributed by atoms with E-state index in [2.05, 4.69) is 20.4 Å². The fourth-order valence-corrected chi connectivity index (χ4v) is 3.93. The summed E-state index contributed by atoms with van der Waals surface area (Å²) in [6.07, 6.45) is 1.88. The standard InChI is InChI=1S/C23H23ClN4O2/c1-30-21-11-5-3-9-18(21)20-12-13-22(27-26-20)28-14-6-7-16(15-28)25-23(29)17-8-2-4-10-19(17)24/h2-5,8-13,16H,6-7,14-15H2,1H3,(H,25,29). The molecule has 1 fully saturated rings. The average molecular weight is 423 g/mol. The lowest BCUT2D eigenvalue weighted by Gasteiger charge is -2.33. The Morgan fingerprint density at radius 1 is 1.10 bits per heavy atom. The molecule has 6 nitrogen and oxygen atoms in total. The first-order valence-electron chi connectivity index (χ1n) is 9.93. The van der Waals surface area contributed by atoms with E-state index in [0.717, 1.165) is 42.2 Å². The quantitative estimate of drug-likeness (QED) is 0.667. The molecule has 1 aliphatic heterocycles. The van der Waals surface area contributed by atoms with E-state index in [0.29, 0.717) is 17.1 Å². The van der Waals surface area contributed by atoms with Gasteiger partial charge in [-0.15, -0.1) is 10.2 Å². The number of methoxy groups -OCH3 is 1. The smallest absolute Gasteiger partial charge is 0.253 e. The van der Waals surface area contributed by atoms with Gasteiger partial charge in [-0.25, -0.2) is 0 Å². The highest BCUT2D eigenvalue weighted by Gasteiger charge is 2.24. The number of para-hydroxylation sites is 1. The third-order valence-electron chi connectivity index (χ3n) is 5.23. The predicted molar refractivity (Wildman–Crippen MR) is 118 cm³/mol. The zero-order chi connectivity index (χ0) is 20.9. The highest BCUT2D eigenvalue weighted by atomic mass is 35.5. The van der Waals surface area contributed by atoms with Crippen molar-refractivity contribution in [1.29, 1.82) is 0 Å². The first-order chi connectivity index (χ1) is 14.7. The van der Waals surface area contributed by atoms with E-state index in [-0.39, 0.29) is 11.9 Å². The minimum absolute atomic E-state index is 0.0261. The van der Waals surface area contributed by atoms with Gasteiger partial charge in [0.15, 0.2) is 5.82 Å². The van der Waals surface area contributed by atoms with Gasteiger partial charge in [0.1, 0.15) is 5.75 Å². The van der Waals surface area contributed by atoms with E-state index in [1.807, 2.05) is 48.5 Å². The van der Waals surface area contributed by atoms with Crippen LogP contribution in [0, 0.1) is 0 Å². The van der Waals surface area contributed by atoms with Gasteiger partial charge in [-0.2, -0.15) is 0 Å². The van der Waals surface area contributed by atoms with Crippen molar-refractivity contribution in [2.75, 3.05) is 25.1 Å². The molecule has 30 heavy (non-hydrogen) atoms. The van der Waals surface area contributed by atoms with Gasteiger partial charge in [-0.3, -0.25) is 4.79 Å². The second-order valence-corrected chi connectivity index (χ2v) is 7.62. The van der Waals surface area contributed by atoms with Gasteiger partial charge in [0.25, 0.3) is 5.91 Å². The molecule has 1 N–H and O–H groups in total. The van der Waals surface area contributed by atoms with Crippen LogP contribution in [0.25, 0.3) is 11.3 Å². The first kappa shape index (κ1) is 20.2. The summed E-state index contributed by atoms with van der Waals surface area (Å²) in [6.45, 7) is 1.56. The van der Waals surface area contributed by atoms with Crippen LogP contribution >= 0.6 is 11.6 Å². The number of anilines is 1. The topological polar surface area (TPSA) is 67.3 Å². The van der Waals surface area contributed by atoms with Crippen LogP contribution < -0.4 is 15.0 Å². The van der Waals surface area contributed by atoms with Crippen molar-refractivity contribution in [3.05, 3.63) is 71.2 Å². The Labute approximate surface area is 180 Å². The molecule has 2 aromatic carbocycles. The number of amides is 1. The number of halogens is 1. The molecule has 1 aromatic heterocycles. The minimum Gasteiger partial charge on any atom is -0.496 e. The normalized spacial score (nSPS) is 16.2. The molecular weight excluding hydrogens is 400 g/mol. The summed E-state index contributed by atoms with van der Waals surface area (Å²) >= 11 is 6.15. The van der Waals surface area contributed by atoms with E-state index < -0.39 is 0 Å². The van der Waals surface area contributed by atoms with Crippen molar-refractivity contribution in [3.63, 3.8) is 0 Å². The number of rotatable bonds is 5. The highest BCUT2D eigenvalue weighted by molar-refractivity contribution is 6.33. The molecule has 1 amide bonds. The molecule has 0 spiro atoms. The lowest BCUT2D eigenvalue weighted by atomic mass is 10.0. The van der Waals surface area contributed by atoms with Gasteiger partial charge < -0.3 is 15.0 Å². The van der Waals surface area contributed by atoms with Crippen molar-refractivity contribution in [2.45, 2.75) is 18.9 Å². The van der Waals surface area contributed by atoms with E-state index in [1.165, 1.54) is 0 Å². The Morgan fingerprint density at radius 2 is 1.90 bits per heavy atom.